The average molecular weight is 616 g/mol. The first-order valence-electron chi connectivity index (χ1n) is 16.7. The summed E-state index contributed by atoms with van der Waals surface area (Å²) >= 11 is 0. The zero-order valence-corrected chi connectivity index (χ0v) is 27.3. The zero-order chi connectivity index (χ0) is 32.5. The van der Waals surface area contributed by atoms with Gasteiger partial charge in [0, 0.05) is 22.2 Å². The molecular formula is C47H37N. The van der Waals surface area contributed by atoms with Gasteiger partial charge in [-0.3, -0.25) is 0 Å². The second kappa shape index (κ2) is 12.4. The van der Waals surface area contributed by atoms with Gasteiger partial charge in [-0.1, -0.05) is 166 Å². The molecule has 48 heavy (non-hydrogen) atoms. The molecule has 0 saturated heterocycles. The van der Waals surface area contributed by atoms with Crippen LogP contribution >= 0.6 is 0 Å². The van der Waals surface area contributed by atoms with Gasteiger partial charge in [0.25, 0.3) is 0 Å². The Balaban J connectivity index is 1.26. The number of fused-ring (bicyclic) bond motifs is 2. The van der Waals surface area contributed by atoms with Crippen LogP contribution in [0.15, 0.2) is 188 Å². The van der Waals surface area contributed by atoms with E-state index < -0.39 is 0 Å². The van der Waals surface area contributed by atoms with E-state index in [1.165, 1.54) is 54.9 Å². The van der Waals surface area contributed by atoms with Crippen molar-refractivity contribution >= 4 is 38.6 Å². The lowest BCUT2D eigenvalue weighted by Crippen LogP contribution is -2.20. The predicted molar refractivity (Wildman–Crippen MR) is 206 cm³/mol. The monoisotopic (exact) mass is 615 g/mol. The molecule has 0 aliphatic heterocycles. The summed E-state index contributed by atoms with van der Waals surface area (Å²) < 4.78 is 0. The van der Waals surface area contributed by atoms with Gasteiger partial charge in [0.15, 0.2) is 0 Å². The van der Waals surface area contributed by atoms with Crippen LogP contribution in [-0.4, -0.2) is 0 Å². The molecule has 0 amide bonds. The minimum absolute atomic E-state index is 0.164. The number of benzene rings is 8. The van der Waals surface area contributed by atoms with Crippen molar-refractivity contribution in [2.24, 2.45) is 0 Å². The molecule has 0 spiro atoms. The van der Waals surface area contributed by atoms with Gasteiger partial charge in [-0.25, -0.2) is 0 Å². The second-order valence-corrected chi connectivity index (χ2v) is 13.0. The van der Waals surface area contributed by atoms with Gasteiger partial charge in [0.2, 0.25) is 0 Å². The fourth-order valence-electron chi connectivity index (χ4n) is 7.07. The number of anilines is 3. The lowest BCUT2D eigenvalue weighted by molar-refractivity contribution is 0.647. The predicted octanol–water partition coefficient (Wildman–Crippen LogP) is 13.1. The summed E-state index contributed by atoms with van der Waals surface area (Å²) in [6, 6.07) is 68.2. The van der Waals surface area contributed by atoms with Crippen molar-refractivity contribution in [1.82, 2.24) is 0 Å². The quantitative estimate of drug-likeness (QED) is 0.172. The molecule has 8 rings (SSSR count). The maximum Gasteiger partial charge on any atom is 0.0540 e. The molecule has 0 aliphatic carbocycles. The zero-order valence-electron chi connectivity index (χ0n) is 27.3. The molecule has 8 aromatic rings. The summed E-state index contributed by atoms with van der Waals surface area (Å²) in [5.41, 5.74) is 10.7. The highest BCUT2D eigenvalue weighted by Crippen LogP contribution is 2.44. The van der Waals surface area contributed by atoms with Crippen LogP contribution < -0.4 is 4.90 Å². The molecule has 0 unspecified atom stereocenters. The van der Waals surface area contributed by atoms with Crippen LogP contribution in [0.1, 0.15) is 25.0 Å². The van der Waals surface area contributed by atoms with Gasteiger partial charge in [-0.05, 0) is 85.9 Å². The lowest BCUT2D eigenvalue weighted by atomic mass is 9.76. The molecule has 0 radical (unpaired) electrons. The molecule has 1 nitrogen and oxygen atoms in total. The smallest absolute Gasteiger partial charge is 0.0540 e. The highest BCUT2D eigenvalue weighted by Gasteiger charge is 2.27. The number of nitrogens with zero attached hydrogens (tertiary/aromatic N) is 1. The van der Waals surface area contributed by atoms with Gasteiger partial charge in [0.05, 0.1) is 5.69 Å². The molecule has 8 aromatic carbocycles. The summed E-state index contributed by atoms with van der Waals surface area (Å²) in [5, 5.41) is 5.00. The fourth-order valence-corrected chi connectivity index (χ4v) is 7.07. The first-order valence-corrected chi connectivity index (χ1v) is 16.7. The lowest BCUT2D eigenvalue weighted by Gasteiger charge is -2.31. The van der Waals surface area contributed by atoms with E-state index in [1.54, 1.807) is 0 Å². The molecule has 0 atom stereocenters. The summed E-state index contributed by atoms with van der Waals surface area (Å²) in [6.45, 7) is 4.66. The number of hydrogen-bond acceptors (Lipinski definition) is 1. The van der Waals surface area contributed by atoms with E-state index in [0.717, 1.165) is 17.1 Å². The van der Waals surface area contributed by atoms with E-state index >= 15 is 0 Å². The van der Waals surface area contributed by atoms with Crippen LogP contribution in [0.25, 0.3) is 43.8 Å². The molecular weight excluding hydrogens is 579 g/mol. The highest BCUT2D eigenvalue weighted by molar-refractivity contribution is 6.01. The Kier molecular flexibility index (Phi) is 7.59. The normalized spacial score (nSPS) is 11.5. The molecule has 0 aliphatic rings. The first-order chi connectivity index (χ1) is 23.6. The van der Waals surface area contributed by atoms with E-state index in [4.69, 9.17) is 0 Å². The Morgan fingerprint density at radius 3 is 1.54 bits per heavy atom. The van der Waals surface area contributed by atoms with Crippen LogP contribution in [0.5, 0.6) is 0 Å². The molecule has 0 saturated carbocycles. The summed E-state index contributed by atoms with van der Waals surface area (Å²) in [5.74, 6) is 0. The minimum atomic E-state index is -0.164. The Hall–Kier alpha value is -5.92. The van der Waals surface area contributed by atoms with Gasteiger partial charge < -0.3 is 4.90 Å². The topological polar surface area (TPSA) is 3.24 Å². The average Bonchev–Trinajstić information content (AvgIpc) is 3.16. The highest BCUT2D eigenvalue weighted by atomic mass is 15.1. The maximum atomic E-state index is 2.40. The van der Waals surface area contributed by atoms with Crippen molar-refractivity contribution in [3.05, 3.63) is 199 Å². The van der Waals surface area contributed by atoms with Gasteiger partial charge in [-0.2, -0.15) is 0 Å². The molecule has 0 heterocycles. The van der Waals surface area contributed by atoms with Crippen LogP contribution in [0.2, 0.25) is 0 Å². The molecule has 0 bridgehead atoms. The van der Waals surface area contributed by atoms with E-state index in [9.17, 15) is 0 Å². The van der Waals surface area contributed by atoms with Crippen LogP contribution in [0.4, 0.5) is 17.1 Å². The third-order valence-electron chi connectivity index (χ3n) is 9.75. The summed E-state index contributed by atoms with van der Waals surface area (Å²) in [4.78, 5) is 2.40. The Bertz CT molecular complexity index is 2340. The Morgan fingerprint density at radius 1 is 0.375 bits per heavy atom. The van der Waals surface area contributed by atoms with E-state index in [1.807, 2.05) is 0 Å². The third kappa shape index (κ3) is 5.44. The summed E-state index contributed by atoms with van der Waals surface area (Å²) in [7, 11) is 0. The maximum absolute atomic E-state index is 2.40. The van der Waals surface area contributed by atoms with Crippen molar-refractivity contribution in [3.8, 4) is 22.3 Å². The SMILES string of the molecule is CC(C)(c1ccccc1)c1ccc(N(c2ccc(-c3ccccc3)cc2)c2ccc(-c3ccc4ccccc4c3)cc2)c2ccccc12. The van der Waals surface area contributed by atoms with E-state index in [2.05, 4.69) is 207 Å². The van der Waals surface area contributed by atoms with E-state index in [-0.39, 0.29) is 5.41 Å². The van der Waals surface area contributed by atoms with Gasteiger partial charge >= 0.3 is 0 Å². The second-order valence-electron chi connectivity index (χ2n) is 13.0. The van der Waals surface area contributed by atoms with Crippen LogP contribution in [0, 0.1) is 0 Å². The first kappa shape index (κ1) is 29.5. The molecule has 0 fully saturated rings. The van der Waals surface area contributed by atoms with E-state index in [0.29, 0.717) is 0 Å². The Morgan fingerprint density at radius 2 is 0.875 bits per heavy atom. The van der Waals surface area contributed by atoms with Crippen molar-refractivity contribution in [2.75, 3.05) is 4.90 Å². The van der Waals surface area contributed by atoms with Crippen molar-refractivity contribution in [2.45, 2.75) is 19.3 Å². The van der Waals surface area contributed by atoms with Crippen molar-refractivity contribution in [3.63, 3.8) is 0 Å². The van der Waals surface area contributed by atoms with Crippen LogP contribution in [0.3, 0.4) is 0 Å². The molecule has 230 valence electrons. The van der Waals surface area contributed by atoms with Crippen molar-refractivity contribution in [1.29, 1.82) is 0 Å². The third-order valence-corrected chi connectivity index (χ3v) is 9.75. The fraction of sp³-hybridized carbons (Fsp3) is 0.0638. The van der Waals surface area contributed by atoms with Gasteiger partial charge in [0.1, 0.15) is 0 Å². The summed E-state index contributed by atoms with van der Waals surface area (Å²) in [6.07, 6.45) is 0. The largest absolute Gasteiger partial charge is 0.310 e. The van der Waals surface area contributed by atoms with Crippen molar-refractivity contribution < 1.29 is 0 Å². The standard InChI is InChI=1S/C47H37N/c1-47(2,40-17-7-4-8-18-40)45-31-32-46(44-20-12-11-19-43(44)45)48(41-27-23-36(24-28-41)34-13-5-3-6-14-34)42-29-25-37(26-30-42)39-22-21-35-15-9-10-16-38(35)33-39/h3-33H,1-2H3. The molecule has 0 aromatic heterocycles. The minimum Gasteiger partial charge on any atom is -0.310 e. The van der Waals surface area contributed by atoms with Gasteiger partial charge in [-0.15, -0.1) is 0 Å². The molecule has 0 N–H and O–H groups in total. The Labute approximate surface area is 283 Å². The molecule has 1 heteroatoms. The number of hydrogen-bond donors (Lipinski definition) is 0. The number of rotatable bonds is 7. The van der Waals surface area contributed by atoms with Crippen LogP contribution in [-0.2, 0) is 5.41 Å².